The maximum absolute atomic E-state index is 13.9. The molecule has 3 aliphatic rings. The number of fused-ring (bicyclic) bond motifs is 4. The summed E-state index contributed by atoms with van der Waals surface area (Å²) in [5.74, 6) is 1.55. The Balaban J connectivity index is 1.32. The molecule has 0 unspecified atom stereocenters. The molecule has 0 atom stereocenters. The first-order valence-corrected chi connectivity index (χ1v) is 13.5. The second kappa shape index (κ2) is 9.05. The number of H-pyrrole nitrogens is 1. The van der Waals surface area contributed by atoms with Crippen molar-refractivity contribution in [1.82, 2.24) is 24.7 Å². The topological polar surface area (TPSA) is 73.9 Å². The number of aromatic nitrogens is 2. The summed E-state index contributed by atoms with van der Waals surface area (Å²) in [5.41, 5.74) is 6.07. The van der Waals surface area contributed by atoms with Crippen LogP contribution in [0, 0.1) is 0 Å². The molecular formula is C30H37N5O3. The van der Waals surface area contributed by atoms with Crippen LogP contribution < -0.4 is 9.47 Å². The van der Waals surface area contributed by atoms with Gasteiger partial charge in [0.25, 0.3) is 0 Å². The highest BCUT2D eigenvalue weighted by Crippen LogP contribution is 2.50. The molecule has 0 bridgehead atoms. The lowest BCUT2D eigenvalue weighted by Gasteiger charge is -2.44. The Kier molecular flexibility index (Phi) is 5.90. The van der Waals surface area contributed by atoms with Gasteiger partial charge in [0.15, 0.2) is 0 Å². The molecule has 2 saturated heterocycles. The zero-order valence-corrected chi connectivity index (χ0v) is 23.0. The summed E-state index contributed by atoms with van der Waals surface area (Å²) in [7, 11) is 3.37. The van der Waals surface area contributed by atoms with E-state index in [1.54, 1.807) is 20.5 Å². The van der Waals surface area contributed by atoms with Crippen molar-refractivity contribution >= 4 is 17.1 Å². The van der Waals surface area contributed by atoms with Crippen molar-refractivity contribution in [2.45, 2.75) is 57.7 Å². The van der Waals surface area contributed by atoms with E-state index in [2.05, 4.69) is 70.9 Å². The van der Waals surface area contributed by atoms with Gasteiger partial charge in [-0.1, -0.05) is 26.0 Å². The normalized spacial score (nSPS) is 20.3. The number of rotatable bonds is 5. The molecule has 0 radical (unpaired) electrons. The first-order valence-electron chi connectivity index (χ1n) is 13.5. The summed E-state index contributed by atoms with van der Waals surface area (Å²) in [6.45, 7) is 10.5. The molecule has 2 amide bonds. The van der Waals surface area contributed by atoms with Gasteiger partial charge in [-0.15, -0.1) is 0 Å². The van der Waals surface area contributed by atoms with Gasteiger partial charge in [0.05, 0.1) is 43.7 Å². The van der Waals surface area contributed by atoms with Crippen LogP contribution in [0.1, 0.15) is 50.3 Å². The van der Waals surface area contributed by atoms with E-state index in [0.717, 1.165) is 71.8 Å². The molecule has 8 heteroatoms. The van der Waals surface area contributed by atoms with Crippen molar-refractivity contribution in [2.24, 2.45) is 0 Å². The van der Waals surface area contributed by atoms with Crippen LogP contribution in [0.4, 0.5) is 4.79 Å². The van der Waals surface area contributed by atoms with E-state index in [1.807, 2.05) is 11.0 Å². The molecule has 4 heterocycles. The third kappa shape index (κ3) is 3.76. The van der Waals surface area contributed by atoms with Gasteiger partial charge in [-0.05, 0) is 49.1 Å². The molecule has 0 saturated carbocycles. The molecule has 6 rings (SSSR count). The molecule has 0 aliphatic carbocycles. The molecule has 2 aromatic carbocycles. The average Bonchev–Trinajstić information content (AvgIpc) is 3.42. The van der Waals surface area contributed by atoms with Gasteiger partial charge >= 0.3 is 6.03 Å². The Morgan fingerprint density at radius 1 is 1.08 bits per heavy atom. The Bertz CT molecular complexity index is 1420. The Morgan fingerprint density at radius 2 is 1.87 bits per heavy atom. The maximum atomic E-state index is 13.9. The van der Waals surface area contributed by atoms with E-state index in [9.17, 15) is 4.79 Å². The number of carbonyl (C=O) groups is 1. The SMILES string of the molecule is CCN1C(=O)N2Cc3cc(OC)cc(OC)c3C(C)(C)C=C2C12CCN(Cc1ccc3nc[nH]c3c1)CC2. The summed E-state index contributed by atoms with van der Waals surface area (Å²) in [4.78, 5) is 28.1. The number of likely N-dealkylation sites (N-methyl/N-ethyl adjacent to an activating group) is 1. The first kappa shape index (κ1) is 24.8. The van der Waals surface area contributed by atoms with Crippen molar-refractivity contribution in [3.8, 4) is 11.5 Å². The minimum absolute atomic E-state index is 0.0994. The minimum Gasteiger partial charge on any atom is -0.497 e. The number of carbonyl (C=O) groups excluding carboxylic acids is 1. The maximum Gasteiger partial charge on any atom is 0.325 e. The number of likely N-dealkylation sites (tertiary alicyclic amines) is 1. The van der Waals surface area contributed by atoms with E-state index in [-0.39, 0.29) is 17.0 Å². The zero-order valence-electron chi connectivity index (χ0n) is 23.0. The number of urea groups is 1. The molecule has 3 aromatic rings. The second-order valence-electron chi connectivity index (χ2n) is 11.3. The largest absolute Gasteiger partial charge is 0.497 e. The lowest BCUT2D eigenvalue weighted by atomic mass is 9.77. The number of nitrogens with one attached hydrogen (secondary N) is 1. The molecule has 3 aliphatic heterocycles. The molecule has 8 nitrogen and oxygen atoms in total. The smallest absolute Gasteiger partial charge is 0.325 e. The minimum atomic E-state index is -0.315. The van der Waals surface area contributed by atoms with Gasteiger partial charge in [0.2, 0.25) is 0 Å². The Labute approximate surface area is 224 Å². The zero-order chi connectivity index (χ0) is 26.7. The number of imidazole rings is 1. The van der Waals surface area contributed by atoms with E-state index >= 15 is 0 Å². The second-order valence-corrected chi connectivity index (χ2v) is 11.3. The van der Waals surface area contributed by atoms with Crippen LogP contribution in [0.25, 0.3) is 11.0 Å². The average molecular weight is 516 g/mol. The van der Waals surface area contributed by atoms with Crippen molar-refractivity contribution in [2.75, 3.05) is 33.9 Å². The predicted octanol–water partition coefficient (Wildman–Crippen LogP) is 5.05. The summed E-state index contributed by atoms with van der Waals surface area (Å²) in [6.07, 6.45) is 5.90. The molecule has 2 fully saturated rings. The first-order chi connectivity index (χ1) is 18.3. The highest BCUT2D eigenvalue weighted by molar-refractivity contribution is 5.83. The van der Waals surface area contributed by atoms with Crippen molar-refractivity contribution < 1.29 is 14.3 Å². The van der Waals surface area contributed by atoms with E-state index < -0.39 is 0 Å². The number of methoxy groups -OCH3 is 2. The number of benzene rings is 2. The van der Waals surface area contributed by atoms with Gasteiger partial charge in [-0.3, -0.25) is 9.80 Å². The molecule has 1 aromatic heterocycles. The molecule has 1 spiro atoms. The van der Waals surface area contributed by atoms with E-state index in [1.165, 1.54) is 5.56 Å². The third-order valence-electron chi connectivity index (χ3n) is 8.72. The number of hydrogen-bond donors (Lipinski definition) is 1. The molecular weight excluding hydrogens is 478 g/mol. The molecule has 38 heavy (non-hydrogen) atoms. The third-order valence-corrected chi connectivity index (χ3v) is 8.72. The number of piperidine rings is 1. The standard InChI is InChI=1S/C30H37N5O3/c1-6-35-28(36)34-18-21-14-22(37-4)15-25(38-5)27(21)29(2,3)16-26(34)30(35)9-11-33(12-10-30)17-20-7-8-23-24(13-20)32-19-31-23/h7-8,13-16,19H,6,9-12,17-18H2,1-5H3,(H,31,32). The van der Waals surface area contributed by atoms with Crippen LogP contribution in [0.3, 0.4) is 0 Å². The van der Waals surface area contributed by atoms with Crippen LogP contribution in [0.2, 0.25) is 0 Å². The van der Waals surface area contributed by atoms with Gasteiger partial charge in [0.1, 0.15) is 11.5 Å². The van der Waals surface area contributed by atoms with Gasteiger partial charge in [-0.25, -0.2) is 9.78 Å². The Hall–Kier alpha value is -3.52. The summed E-state index contributed by atoms with van der Waals surface area (Å²) < 4.78 is 11.4. The summed E-state index contributed by atoms with van der Waals surface area (Å²) >= 11 is 0. The van der Waals surface area contributed by atoms with Gasteiger partial charge in [-0.2, -0.15) is 0 Å². The van der Waals surface area contributed by atoms with Crippen molar-refractivity contribution in [3.63, 3.8) is 0 Å². The van der Waals surface area contributed by atoms with E-state index in [4.69, 9.17) is 9.47 Å². The predicted molar refractivity (Wildman–Crippen MR) is 147 cm³/mol. The fraction of sp³-hybridized carbons (Fsp3) is 0.467. The fourth-order valence-electron chi connectivity index (χ4n) is 6.94. The van der Waals surface area contributed by atoms with Gasteiger partial charge < -0.3 is 19.4 Å². The van der Waals surface area contributed by atoms with Gasteiger partial charge in [0, 0.05) is 48.9 Å². The van der Waals surface area contributed by atoms with Crippen LogP contribution in [-0.2, 0) is 18.5 Å². The van der Waals surface area contributed by atoms with Crippen LogP contribution in [0.5, 0.6) is 11.5 Å². The molecule has 1 N–H and O–H groups in total. The summed E-state index contributed by atoms with van der Waals surface area (Å²) in [5, 5.41) is 0. The monoisotopic (exact) mass is 515 g/mol. The van der Waals surface area contributed by atoms with Crippen molar-refractivity contribution in [3.05, 3.63) is 65.1 Å². The number of aromatic amines is 1. The van der Waals surface area contributed by atoms with E-state index in [0.29, 0.717) is 13.1 Å². The van der Waals surface area contributed by atoms with Crippen LogP contribution in [0.15, 0.2) is 48.4 Å². The lowest BCUT2D eigenvalue weighted by Crippen LogP contribution is -2.53. The number of hydrogen-bond acceptors (Lipinski definition) is 5. The van der Waals surface area contributed by atoms with Crippen molar-refractivity contribution in [1.29, 1.82) is 0 Å². The molecule has 200 valence electrons. The number of ether oxygens (including phenoxy) is 2. The van der Waals surface area contributed by atoms with Crippen LogP contribution in [-0.4, -0.2) is 70.1 Å². The van der Waals surface area contributed by atoms with Crippen LogP contribution >= 0.6 is 0 Å². The highest BCUT2D eigenvalue weighted by Gasteiger charge is 2.55. The highest BCUT2D eigenvalue weighted by atomic mass is 16.5. The quantitative estimate of drug-likeness (QED) is 0.515. The summed E-state index contributed by atoms with van der Waals surface area (Å²) in [6, 6.07) is 10.6. The fourth-order valence-corrected chi connectivity index (χ4v) is 6.94. The lowest BCUT2D eigenvalue weighted by molar-refractivity contribution is 0.0886. The number of amides is 2. The number of allylic oxidation sites excluding steroid dienone is 1. The number of nitrogens with zero attached hydrogens (tertiary/aromatic N) is 4. The Morgan fingerprint density at radius 3 is 2.58 bits per heavy atom.